The largest absolute Gasteiger partial charge is 0.624 e. The van der Waals surface area contributed by atoms with Crippen LogP contribution in [0.5, 0.6) is 0 Å². The predicted molar refractivity (Wildman–Crippen MR) is 160 cm³/mol. The van der Waals surface area contributed by atoms with E-state index < -0.39 is 10.2 Å². The molecule has 1 atom stereocenters. The number of quaternary nitrogens is 1. The molecule has 0 radical (unpaired) electrons. The van der Waals surface area contributed by atoms with E-state index in [2.05, 4.69) is 27.7 Å². The number of imide groups is 1. The minimum Gasteiger partial charge on any atom is -0.624 e. The van der Waals surface area contributed by atoms with Gasteiger partial charge in [-0.1, -0.05) is 53.4 Å². The summed E-state index contributed by atoms with van der Waals surface area (Å²) in [6.45, 7) is 16.7. The molecule has 40 heavy (non-hydrogen) atoms. The predicted octanol–water partition coefficient (Wildman–Crippen LogP) is 6.54. The maximum Gasteiger partial charge on any atom is 0.419 e. The van der Waals surface area contributed by atoms with Gasteiger partial charge in [0.05, 0.1) is 18.6 Å². The summed E-state index contributed by atoms with van der Waals surface area (Å²) in [6, 6.07) is -0.389. The summed E-state index contributed by atoms with van der Waals surface area (Å²) in [5.41, 5.74) is -0.110. The molecule has 0 saturated carbocycles. The fraction of sp³-hybridized carbons (Fsp3) is 0.903. The molecule has 0 aromatic heterocycles. The van der Waals surface area contributed by atoms with E-state index in [9.17, 15) is 19.6 Å². The van der Waals surface area contributed by atoms with Gasteiger partial charge in [0.2, 0.25) is 0 Å². The summed E-state index contributed by atoms with van der Waals surface area (Å²) in [5.74, 6) is -0.0629. The van der Waals surface area contributed by atoms with E-state index in [1.54, 1.807) is 21.6 Å². The first-order valence-corrected chi connectivity index (χ1v) is 16.2. The maximum absolute atomic E-state index is 12.8. The molecule has 2 rings (SSSR count). The van der Waals surface area contributed by atoms with Crippen LogP contribution < -0.4 is 0 Å². The number of urea groups is 2. The number of unbranched alkanes of at least 4 members (excludes halogenated alkanes) is 3. The number of rotatable bonds is 21. The van der Waals surface area contributed by atoms with Gasteiger partial charge in [0.1, 0.15) is 13.1 Å². The maximum atomic E-state index is 12.8. The zero-order chi connectivity index (χ0) is 29.8. The lowest BCUT2D eigenvalue weighted by Crippen LogP contribution is -2.51. The molecular formula is C31H58N4O5. The zero-order valence-corrected chi connectivity index (χ0v) is 26.5. The molecule has 0 bridgehead atoms. The van der Waals surface area contributed by atoms with Crippen LogP contribution in [0, 0.1) is 10.6 Å². The van der Waals surface area contributed by atoms with E-state index in [1.807, 2.05) is 6.92 Å². The van der Waals surface area contributed by atoms with Crippen LogP contribution in [0.4, 0.5) is 9.59 Å². The molecule has 0 aromatic rings. The van der Waals surface area contributed by atoms with E-state index in [1.165, 1.54) is 0 Å². The Labute approximate surface area is 243 Å². The lowest BCUT2D eigenvalue weighted by atomic mass is 9.75. The number of nitrogens with zero attached hydrogens (tertiary/aromatic N) is 4. The first-order valence-electron chi connectivity index (χ1n) is 16.2. The summed E-state index contributed by atoms with van der Waals surface area (Å²) >= 11 is 0. The number of hydrogen-bond donors (Lipinski definition) is 0. The Balaban J connectivity index is 1.68. The highest BCUT2D eigenvalue weighted by Gasteiger charge is 2.46. The average molecular weight is 567 g/mol. The zero-order valence-electron chi connectivity index (χ0n) is 26.5. The second kappa shape index (κ2) is 16.1. The lowest BCUT2D eigenvalue weighted by molar-refractivity contribution is -0.787. The number of likely N-dealkylation sites (N-methyl/N-ethyl adjacent to an activating group) is 2. The Kier molecular flexibility index (Phi) is 13.9. The molecule has 2 aliphatic rings. The lowest BCUT2D eigenvalue weighted by Gasteiger charge is -2.39. The minimum atomic E-state index is -0.692. The van der Waals surface area contributed by atoms with Crippen LogP contribution in [0.15, 0.2) is 0 Å². The molecule has 0 aliphatic carbocycles. The minimum absolute atomic E-state index is 0.0629. The van der Waals surface area contributed by atoms with Crippen molar-refractivity contribution < 1.29 is 23.8 Å². The van der Waals surface area contributed by atoms with Gasteiger partial charge in [-0.25, -0.2) is 9.59 Å². The van der Waals surface area contributed by atoms with Crippen LogP contribution >= 0.6 is 0 Å². The second-order valence-electron chi connectivity index (χ2n) is 12.0. The van der Waals surface area contributed by atoms with Crippen LogP contribution in [-0.2, 0) is 9.53 Å². The monoisotopic (exact) mass is 566 g/mol. The Hall–Kier alpha value is -1.71. The molecule has 2 fully saturated rings. The van der Waals surface area contributed by atoms with Crippen molar-refractivity contribution in [2.45, 2.75) is 124 Å². The van der Waals surface area contributed by atoms with Crippen LogP contribution in [0.25, 0.3) is 0 Å². The molecule has 9 nitrogen and oxygen atoms in total. The van der Waals surface area contributed by atoms with E-state index >= 15 is 0 Å². The van der Waals surface area contributed by atoms with Crippen LogP contribution in [0.3, 0.4) is 0 Å². The van der Waals surface area contributed by atoms with Gasteiger partial charge < -0.3 is 14.8 Å². The number of amides is 5. The van der Waals surface area contributed by atoms with Gasteiger partial charge in [-0.15, -0.1) is 0 Å². The Morgan fingerprint density at radius 1 is 0.800 bits per heavy atom. The normalized spacial score (nSPS) is 20.5. The molecule has 9 heteroatoms. The van der Waals surface area contributed by atoms with Gasteiger partial charge in [-0.3, -0.25) is 19.2 Å². The smallest absolute Gasteiger partial charge is 0.419 e. The van der Waals surface area contributed by atoms with Gasteiger partial charge in [0.15, 0.2) is 0 Å². The van der Waals surface area contributed by atoms with E-state index in [4.69, 9.17) is 4.74 Å². The number of carbonyl (C=O) groups is 3. The first kappa shape index (κ1) is 34.5. The van der Waals surface area contributed by atoms with E-state index in [0.717, 1.165) is 83.7 Å². The summed E-state index contributed by atoms with van der Waals surface area (Å²) in [5, 5.41) is 12.4. The molecular weight excluding hydrogens is 508 g/mol. The van der Waals surface area contributed by atoms with Crippen molar-refractivity contribution in [3.63, 3.8) is 0 Å². The quantitative estimate of drug-likeness (QED) is 0.0680. The number of carbonyl (C=O) groups excluding carboxylic acids is 3. The summed E-state index contributed by atoms with van der Waals surface area (Å²) in [6.07, 6.45) is 11.9. The molecule has 2 heterocycles. The van der Waals surface area contributed by atoms with Crippen molar-refractivity contribution in [1.29, 1.82) is 0 Å². The van der Waals surface area contributed by atoms with Crippen molar-refractivity contribution in [2.75, 3.05) is 52.5 Å². The Bertz CT molecular complexity index is 814. The fourth-order valence-electron chi connectivity index (χ4n) is 6.64. The molecule has 0 spiro atoms. The standard InChI is InChI=1S/C31H58N4O5/c1-7-30(8-2,18-14-13-16-21-33-22-23-35(39,12-6)29(33)38)20-25-40-24-17-15-19-31(9-3,10-4)34-27(36)26-32(11-5)28(34)37/h7-26H2,1-6H3. The summed E-state index contributed by atoms with van der Waals surface area (Å²) < 4.78 is 5.39. The highest BCUT2D eigenvalue weighted by atomic mass is 16.6. The molecule has 2 aliphatic heterocycles. The molecule has 0 N–H and O–H groups in total. The third-order valence-corrected chi connectivity index (χ3v) is 10.2. The highest BCUT2D eigenvalue weighted by Crippen LogP contribution is 2.37. The summed E-state index contributed by atoms with van der Waals surface area (Å²) in [4.78, 5) is 42.8. The molecule has 232 valence electrons. The van der Waals surface area contributed by atoms with Gasteiger partial charge in [-0.2, -0.15) is 0 Å². The third kappa shape index (κ3) is 8.19. The topological polar surface area (TPSA) is 93.2 Å². The van der Waals surface area contributed by atoms with Crippen LogP contribution in [0.2, 0.25) is 0 Å². The molecule has 1 unspecified atom stereocenters. The number of ether oxygens (including phenoxy) is 1. The molecule has 0 aromatic carbocycles. The second-order valence-corrected chi connectivity index (χ2v) is 12.0. The van der Waals surface area contributed by atoms with Crippen LogP contribution in [-0.4, -0.2) is 95.3 Å². The van der Waals surface area contributed by atoms with E-state index in [-0.39, 0.29) is 29.9 Å². The fourth-order valence-corrected chi connectivity index (χ4v) is 6.64. The van der Waals surface area contributed by atoms with Gasteiger partial charge in [0, 0.05) is 26.3 Å². The average Bonchev–Trinajstić information content (AvgIpc) is 3.43. The Morgan fingerprint density at radius 2 is 1.48 bits per heavy atom. The highest BCUT2D eigenvalue weighted by molar-refractivity contribution is 6.02. The van der Waals surface area contributed by atoms with Crippen molar-refractivity contribution in [2.24, 2.45) is 5.41 Å². The van der Waals surface area contributed by atoms with Crippen molar-refractivity contribution in [3.05, 3.63) is 5.21 Å². The third-order valence-electron chi connectivity index (χ3n) is 10.2. The summed E-state index contributed by atoms with van der Waals surface area (Å²) in [7, 11) is 0. The van der Waals surface area contributed by atoms with Crippen molar-refractivity contribution in [1.82, 2.24) is 14.7 Å². The SMILES string of the molecule is CCN1CC(=O)N(C(CC)(CC)CCCCOCCC(CC)(CC)CCCCCN2CC[N+]([O-])(CC)C2=O)C1=O. The first-order chi connectivity index (χ1) is 19.1. The van der Waals surface area contributed by atoms with E-state index in [0.29, 0.717) is 39.3 Å². The number of hydrogen-bond acceptors (Lipinski definition) is 5. The van der Waals surface area contributed by atoms with Crippen molar-refractivity contribution >= 4 is 18.0 Å². The molecule has 5 amide bonds. The van der Waals surface area contributed by atoms with Gasteiger partial charge in [0.25, 0.3) is 5.91 Å². The number of hydroxylamine groups is 3. The van der Waals surface area contributed by atoms with Crippen molar-refractivity contribution in [3.8, 4) is 0 Å². The van der Waals surface area contributed by atoms with Crippen LogP contribution in [0.1, 0.15) is 119 Å². The Morgan fingerprint density at radius 3 is 2.02 bits per heavy atom. The van der Waals surface area contributed by atoms with Gasteiger partial charge in [-0.05, 0) is 70.6 Å². The van der Waals surface area contributed by atoms with Gasteiger partial charge >= 0.3 is 12.1 Å². The molecule has 2 saturated heterocycles.